The lowest BCUT2D eigenvalue weighted by Crippen LogP contribution is -2.54. The molecule has 5 heterocycles. The van der Waals surface area contributed by atoms with E-state index in [9.17, 15) is 19.5 Å². The molecular weight excluding hydrogens is 480 g/mol. The van der Waals surface area contributed by atoms with Crippen molar-refractivity contribution >= 4 is 29.5 Å². The Balaban J connectivity index is 1.49. The standard InChI is InChI=1S/C26H38N4O5S/c1-25-7-5-9-27(2)22(32)19(25)20-23(33)30(11-3-4-16-31)21-24(34)29(10-6-8-26(20,21)36-25)13-12-28-14-17-35-18-15-28/h5-8,19-21,31H,3-4,9-18H2,1-2H3/t19-,20-,21?,25+,26-/m0/s1. The van der Waals surface area contributed by atoms with Crippen LogP contribution < -0.4 is 0 Å². The Bertz CT molecular complexity index is 953. The Morgan fingerprint density at radius 1 is 0.972 bits per heavy atom. The lowest BCUT2D eigenvalue weighted by Gasteiger charge is -2.37. The zero-order valence-electron chi connectivity index (χ0n) is 21.3. The minimum absolute atomic E-state index is 0.0320. The van der Waals surface area contributed by atoms with Gasteiger partial charge in [0.2, 0.25) is 17.7 Å². The third kappa shape index (κ3) is 4.19. The molecule has 0 aromatic carbocycles. The van der Waals surface area contributed by atoms with Gasteiger partial charge in [-0.05, 0) is 19.8 Å². The van der Waals surface area contributed by atoms with E-state index < -0.39 is 27.4 Å². The number of aliphatic hydroxyl groups is 1. The Hall–Kier alpha value is -1.88. The van der Waals surface area contributed by atoms with Crippen molar-refractivity contribution in [3.8, 4) is 0 Å². The summed E-state index contributed by atoms with van der Waals surface area (Å²) in [4.78, 5) is 49.5. The van der Waals surface area contributed by atoms with E-state index in [2.05, 4.69) is 17.1 Å². The van der Waals surface area contributed by atoms with E-state index in [0.717, 1.165) is 19.6 Å². The molecule has 0 bridgehead atoms. The molecule has 3 amide bonds. The van der Waals surface area contributed by atoms with Gasteiger partial charge >= 0.3 is 0 Å². The molecule has 1 unspecified atom stereocenters. The van der Waals surface area contributed by atoms with Crippen LogP contribution in [-0.2, 0) is 19.1 Å². The summed E-state index contributed by atoms with van der Waals surface area (Å²) < 4.78 is 4.10. The SMILES string of the molecule is CN1CC=C[C@@]2(C)S[C@]34C=CCN(CCN5CCOCC5)C(=O)C3N(CCCCO)C(=O)[C@@H]4[C@H]2C1=O. The summed E-state index contributed by atoms with van der Waals surface area (Å²) in [6.45, 7) is 8.01. The van der Waals surface area contributed by atoms with Crippen molar-refractivity contribution in [3.63, 3.8) is 0 Å². The van der Waals surface area contributed by atoms with E-state index in [1.54, 1.807) is 28.6 Å². The quantitative estimate of drug-likeness (QED) is 0.380. The van der Waals surface area contributed by atoms with Gasteiger partial charge in [-0.25, -0.2) is 0 Å². The van der Waals surface area contributed by atoms with Gasteiger partial charge in [-0.3, -0.25) is 19.3 Å². The largest absolute Gasteiger partial charge is 0.396 e. The molecule has 36 heavy (non-hydrogen) atoms. The Labute approximate surface area is 217 Å². The highest BCUT2D eigenvalue weighted by molar-refractivity contribution is 8.02. The number of hydrogen-bond donors (Lipinski definition) is 1. The first-order valence-corrected chi connectivity index (χ1v) is 13.9. The van der Waals surface area contributed by atoms with Gasteiger partial charge in [-0.1, -0.05) is 24.3 Å². The van der Waals surface area contributed by atoms with Crippen molar-refractivity contribution in [2.24, 2.45) is 11.8 Å². The van der Waals surface area contributed by atoms with Crippen LogP contribution in [0.1, 0.15) is 19.8 Å². The minimum Gasteiger partial charge on any atom is -0.396 e. The second-order valence-corrected chi connectivity index (χ2v) is 12.5. The highest BCUT2D eigenvalue weighted by Crippen LogP contribution is 2.65. The molecule has 9 nitrogen and oxygen atoms in total. The van der Waals surface area contributed by atoms with Crippen LogP contribution >= 0.6 is 11.8 Å². The third-order valence-electron chi connectivity index (χ3n) is 8.44. The van der Waals surface area contributed by atoms with Crippen LogP contribution in [0.3, 0.4) is 0 Å². The van der Waals surface area contributed by atoms with E-state index in [1.165, 1.54) is 0 Å². The number of nitrogens with zero attached hydrogens (tertiary/aromatic N) is 4. The second-order valence-electron chi connectivity index (χ2n) is 10.7. The predicted octanol–water partition coefficient (Wildman–Crippen LogP) is 0.205. The lowest BCUT2D eigenvalue weighted by molar-refractivity contribution is -0.144. The van der Waals surface area contributed by atoms with Crippen molar-refractivity contribution in [1.82, 2.24) is 19.6 Å². The van der Waals surface area contributed by atoms with Crippen molar-refractivity contribution in [3.05, 3.63) is 24.3 Å². The number of carbonyl (C=O) groups excluding carboxylic acids is 3. The van der Waals surface area contributed by atoms with Crippen molar-refractivity contribution < 1.29 is 24.2 Å². The highest BCUT2D eigenvalue weighted by atomic mass is 32.2. The second kappa shape index (κ2) is 10.1. The number of likely N-dealkylation sites (tertiary alicyclic amines) is 1. The van der Waals surface area contributed by atoms with Crippen molar-refractivity contribution in [2.75, 3.05) is 72.7 Å². The monoisotopic (exact) mass is 518 g/mol. The maximum absolute atomic E-state index is 14.2. The molecule has 10 heteroatoms. The minimum atomic E-state index is -0.793. The Morgan fingerprint density at radius 3 is 2.47 bits per heavy atom. The number of amides is 3. The number of aliphatic hydroxyl groups excluding tert-OH is 1. The average Bonchev–Trinajstić information content (AvgIpc) is 3.14. The summed E-state index contributed by atoms with van der Waals surface area (Å²) in [5.41, 5.74) is 0. The topological polar surface area (TPSA) is 93.6 Å². The van der Waals surface area contributed by atoms with E-state index in [4.69, 9.17) is 4.74 Å². The third-order valence-corrected chi connectivity index (χ3v) is 10.2. The van der Waals surface area contributed by atoms with E-state index in [-0.39, 0.29) is 24.3 Å². The van der Waals surface area contributed by atoms with Crippen LogP contribution in [0.2, 0.25) is 0 Å². The van der Waals surface area contributed by atoms with Crippen LogP contribution in [0.4, 0.5) is 0 Å². The number of carbonyl (C=O) groups is 3. The zero-order chi connectivity index (χ0) is 25.5. The van der Waals surface area contributed by atoms with Gasteiger partial charge in [-0.2, -0.15) is 0 Å². The molecule has 1 N–H and O–H groups in total. The van der Waals surface area contributed by atoms with E-state index in [0.29, 0.717) is 52.2 Å². The summed E-state index contributed by atoms with van der Waals surface area (Å²) in [5.74, 6) is -1.30. The fraction of sp³-hybridized carbons (Fsp3) is 0.731. The van der Waals surface area contributed by atoms with E-state index >= 15 is 0 Å². The maximum atomic E-state index is 14.2. The summed E-state index contributed by atoms with van der Waals surface area (Å²) in [5, 5.41) is 9.35. The van der Waals surface area contributed by atoms with Gasteiger partial charge < -0.3 is 24.5 Å². The molecule has 0 aliphatic carbocycles. The molecule has 3 saturated heterocycles. The summed E-state index contributed by atoms with van der Waals surface area (Å²) in [7, 11) is 1.78. The number of likely N-dealkylation sites (N-methyl/N-ethyl adjacent to an activating group) is 1. The van der Waals surface area contributed by atoms with Gasteiger partial charge in [0, 0.05) is 64.2 Å². The van der Waals surface area contributed by atoms with E-state index in [1.807, 2.05) is 24.0 Å². The number of rotatable bonds is 7. The molecule has 0 radical (unpaired) electrons. The van der Waals surface area contributed by atoms with Gasteiger partial charge in [0.05, 0.1) is 29.8 Å². The first kappa shape index (κ1) is 25.8. The molecular formula is C26H38N4O5S. The fourth-order valence-corrected chi connectivity index (χ4v) is 8.77. The number of ether oxygens (including phenoxy) is 1. The van der Waals surface area contributed by atoms with Gasteiger partial charge in [0.15, 0.2) is 0 Å². The van der Waals surface area contributed by atoms with Crippen LogP contribution in [-0.4, -0.2) is 131 Å². The zero-order valence-corrected chi connectivity index (χ0v) is 22.1. The van der Waals surface area contributed by atoms with Crippen molar-refractivity contribution in [1.29, 1.82) is 0 Å². The molecule has 0 aromatic rings. The molecule has 0 aromatic heterocycles. The number of unbranched alkanes of at least 4 members (excludes halogenated alkanes) is 1. The fourth-order valence-electron chi connectivity index (χ4n) is 6.61. The van der Waals surface area contributed by atoms with Crippen LogP contribution in [0.5, 0.6) is 0 Å². The first-order chi connectivity index (χ1) is 17.3. The molecule has 198 valence electrons. The number of hydrogen-bond acceptors (Lipinski definition) is 7. The lowest BCUT2D eigenvalue weighted by atomic mass is 9.74. The van der Waals surface area contributed by atoms with Crippen LogP contribution in [0.25, 0.3) is 0 Å². The molecule has 5 rings (SSSR count). The van der Waals surface area contributed by atoms with Crippen LogP contribution in [0.15, 0.2) is 24.3 Å². The average molecular weight is 519 g/mol. The Kier molecular flexibility index (Phi) is 7.24. The normalized spacial score (nSPS) is 36.7. The molecule has 5 atom stereocenters. The molecule has 3 fully saturated rings. The smallest absolute Gasteiger partial charge is 0.247 e. The number of fused-ring (bicyclic) bond motifs is 2. The summed E-state index contributed by atoms with van der Waals surface area (Å²) in [6.07, 6.45) is 9.39. The molecule has 5 aliphatic heterocycles. The van der Waals surface area contributed by atoms with Gasteiger partial charge in [0.25, 0.3) is 0 Å². The molecule has 1 spiro atoms. The highest BCUT2D eigenvalue weighted by Gasteiger charge is 2.73. The first-order valence-electron chi connectivity index (χ1n) is 13.1. The Morgan fingerprint density at radius 2 is 1.72 bits per heavy atom. The maximum Gasteiger partial charge on any atom is 0.247 e. The van der Waals surface area contributed by atoms with Gasteiger partial charge in [0.1, 0.15) is 6.04 Å². The molecule has 0 saturated carbocycles. The predicted molar refractivity (Wildman–Crippen MR) is 137 cm³/mol. The molecule has 5 aliphatic rings. The summed E-state index contributed by atoms with van der Waals surface area (Å²) in [6, 6.07) is -0.655. The van der Waals surface area contributed by atoms with Crippen LogP contribution in [0, 0.1) is 11.8 Å². The van der Waals surface area contributed by atoms with Gasteiger partial charge in [-0.15, -0.1) is 11.8 Å². The number of morpholine rings is 1. The van der Waals surface area contributed by atoms with Crippen molar-refractivity contribution in [2.45, 2.75) is 35.3 Å². The summed E-state index contributed by atoms with van der Waals surface area (Å²) >= 11 is 1.62. The number of thioether (sulfide) groups is 1.